The summed E-state index contributed by atoms with van der Waals surface area (Å²) in [6.45, 7) is 7.66. The van der Waals surface area contributed by atoms with E-state index in [2.05, 4.69) is 34.5 Å². The van der Waals surface area contributed by atoms with Crippen LogP contribution in [0.3, 0.4) is 0 Å². The van der Waals surface area contributed by atoms with E-state index in [1.165, 1.54) is 0 Å². The Kier molecular flexibility index (Phi) is 4.50. The summed E-state index contributed by atoms with van der Waals surface area (Å²) in [5.74, 6) is 1.34. The van der Waals surface area contributed by atoms with Gasteiger partial charge in [0.1, 0.15) is 11.9 Å². The van der Waals surface area contributed by atoms with Crippen LogP contribution in [0.15, 0.2) is 42.6 Å². The van der Waals surface area contributed by atoms with E-state index in [4.69, 9.17) is 4.74 Å². The van der Waals surface area contributed by atoms with Crippen molar-refractivity contribution in [2.24, 2.45) is 11.3 Å². The maximum atomic E-state index is 10.5. The monoisotopic (exact) mass is 405 g/mol. The normalized spacial score (nSPS) is 27.9. The largest absolute Gasteiger partial charge is 0.507 e. The van der Waals surface area contributed by atoms with Crippen LogP contribution >= 0.6 is 0 Å². The number of rotatable bonds is 4. The van der Waals surface area contributed by atoms with E-state index in [1.54, 1.807) is 10.7 Å². The summed E-state index contributed by atoms with van der Waals surface area (Å²) in [4.78, 5) is 0. The molecule has 4 unspecified atom stereocenters. The molecule has 3 heterocycles. The van der Waals surface area contributed by atoms with Crippen molar-refractivity contribution < 1.29 is 9.84 Å². The first-order chi connectivity index (χ1) is 14.4. The first-order valence-corrected chi connectivity index (χ1v) is 10.5. The van der Waals surface area contributed by atoms with Crippen LogP contribution in [0.1, 0.15) is 32.4 Å². The van der Waals surface area contributed by atoms with Crippen LogP contribution < -0.4 is 10.1 Å². The molecule has 0 radical (unpaired) electrons. The van der Waals surface area contributed by atoms with Gasteiger partial charge in [0.25, 0.3) is 0 Å². The number of hydrogen-bond donors (Lipinski definition) is 2. The molecule has 2 fully saturated rings. The summed E-state index contributed by atoms with van der Waals surface area (Å²) < 4.78 is 7.89. The second kappa shape index (κ2) is 7.09. The molecule has 1 saturated carbocycles. The Bertz CT molecular complexity index is 1060. The molecular formula is C23H27N5O2. The maximum Gasteiger partial charge on any atom is 0.233 e. The first-order valence-electron chi connectivity index (χ1n) is 10.5. The topological polar surface area (TPSA) is 85.1 Å². The summed E-state index contributed by atoms with van der Waals surface area (Å²) in [7, 11) is 0. The Morgan fingerprint density at radius 1 is 1.20 bits per heavy atom. The zero-order valence-corrected chi connectivity index (χ0v) is 17.5. The molecule has 1 aromatic carbocycles. The molecule has 0 amide bonds. The summed E-state index contributed by atoms with van der Waals surface area (Å²) in [6.07, 6.45) is 4.03. The number of aryl methyl sites for hydroxylation is 1. The number of phenolic OH excluding ortho intramolecular Hbond substituents is 1. The second-order valence-electron chi connectivity index (χ2n) is 8.97. The van der Waals surface area contributed by atoms with Crippen LogP contribution in [-0.2, 0) is 0 Å². The van der Waals surface area contributed by atoms with Crippen molar-refractivity contribution in [1.29, 1.82) is 0 Å². The highest BCUT2D eigenvalue weighted by molar-refractivity contribution is 5.68. The molecule has 2 aliphatic rings. The van der Waals surface area contributed by atoms with Crippen molar-refractivity contribution >= 4 is 0 Å². The van der Waals surface area contributed by atoms with E-state index < -0.39 is 0 Å². The lowest BCUT2D eigenvalue weighted by Gasteiger charge is -2.39. The molecule has 1 aliphatic heterocycles. The molecule has 7 nitrogen and oxygen atoms in total. The third kappa shape index (κ3) is 3.33. The van der Waals surface area contributed by atoms with Gasteiger partial charge in [-0.2, -0.15) is 5.10 Å². The van der Waals surface area contributed by atoms with E-state index in [-0.39, 0.29) is 17.3 Å². The third-order valence-electron chi connectivity index (χ3n) is 6.85. The Labute approximate surface area is 176 Å². The smallest absolute Gasteiger partial charge is 0.233 e. The quantitative estimate of drug-likeness (QED) is 0.691. The fourth-order valence-corrected chi connectivity index (χ4v) is 4.84. The van der Waals surface area contributed by atoms with Crippen molar-refractivity contribution in [1.82, 2.24) is 25.3 Å². The Morgan fingerprint density at radius 3 is 2.73 bits per heavy atom. The molecule has 1 saturated heterocycles. The Morgan fingerprint density at radius 2 is 2.07 bits per heavy atom. The fraction of sp³-hybridized carbons (Fsp3) is 0.435. The number of phenols is 1. The van der Waals surface area contributed by atoms with Gasteiger partial charge >= 0.3 is 0 Å². The summed E-state index contributed by atoms with van der Waals surface area (Å²) in [5, 5.41) is 27.1. The number of fused-ring (bicyclic) bond motifs is 2. The lowest BCUT2D eigenvalue weighted by Crippen LogP contribution is -2.41. The van der Waals surface area contributed by atoms with Gasteiger partial charge in [-0.25, -0.2) is 4.68 Å². The van der Waals surface area contributed by atoms with E-state index in [9.17, 15) is 5.11 Å². The fourth-order valence-electron chi connectivity index (χ4n) is 4.84. The zero-order chi connectivity index (χ0) is 20.9. The molecule has 3 aromatic rings. The van der Waals surface area contributed by atoms with Crippen LogP contribution in [0.2, 0.25) is 0 Å². The van der Waals surface area contributed by atoms with Gasteiger partial charge in [-0.05, 0) is 55.4 Å². The van der Waals surface area contributed by atoms with Gasteiger partial charge in [0.15, 0.2) is 0 Å². The van der Waals surface area contributed by atoms with E-state index in [0.29, 0.717) is 29.1 Å². The number of hydrogen-bond acceptors (Lipinski definition) is 6. The summed E-state index contributed by atoms with van der Waals surface area (Å²) >= 11 is 0. The first kappa shape index (κ1) is 19.1. The highest BCUT2D eigenvalue weighted by Crippen LogP contribution is 2.45. The Hall–Kier alpha value is -2.93. The maximum absolute atomic E-state index is 10.5. The molecule has 2 aromatic heterocycles. The van der Waals surface area contributed by atoms with Gasteiger partial charge < -0.3 is 15.2 Å². The van der Waals surface area contributed by atoms with Crippen LogP contribution in [0.25, 0.3) is 16.9 Å². The third-order valence-corrected chi connectivity index (χ3v) is 6.85. The van der Waals surface area contributed by atoms with Gasteiger partial charge in [-0.1, -0.05) is 13.8 Å². The van der Waals surface area contributed by atoms with Gasteiger partial charge in [0.2, 0.25) is 5.88 Å². The molecular weight excluding hydrogens is 378 g/mol. The summed E-state index contributed by atoms with van der Waals surface area (Å²) in [6, 6.07) is 11.5. The van der Waals surface area contributed by atoms with Crippen molar-refractivity contribution in [3.05, 3.63) is 48.3 Å². The average molecular weight is 406 g/mol. The lowest BCUT2D eigenvalue weighted by molar-refractivity contribution is 0.0566. The number of ether oxygens (including phenoxy) is 1. The van der Waals surface area contributed by atoms with E-state index in [0.717, 1.165) is 30.8 Å². The predicted octanol–water partition coefficient (Wildman–Crippen LogP) is 3.50. The molecule has 1 aliphatic carbocycles. The van der Waals surface area contributed by atoms with Gasteiger partial charge in [0, 0.05) is 36.5 Å². The SMILES string of the molecule is Cc1ccn(-c2ccc(-c3ccc(OC4CC5NCC(C)(C4)C5C)nn3)c(O)c2)n1. The average Bonchev–Trinajstić information content (AvgIpc) is 3.21. The van der Waals surface area contributed by atoms with Crippen molar-refractivity contribution in [3.63, 3.8) is 0 Å². The molecule has 2 bridgehead atoms. The molecule has 7 heteroatoms. The second-order valence-corrected chi connectivity index (χ2v) is 8.97. The lowest BCUT2D eigenvalue weighted by atomic mass is 9.68. The molecule has 2 N–H and O–H groups in total. The number of nitrogens with zero attached hydrogens (tertiary/aromatic N) is 4. The minimum atomic E-state index is 0.139. The number of benzene rings is 1. The predicted molar refractivity (Wildman–Crippen MR) is 114 cm³/mol. The highest BCUT2D eigenvalue weighted by Gasteiger charge is 2.49. The number of aromatic hydroxyl groups is 1. The zero-order valence-electron chi connectivity index (χ0n) is 17.5. The van der Waals surface area contributed by atoms with E-state index >= 15 is 0 Å². The van der Waals surface area contributed by atoms with Gasteiger partial charge in [0.05, 0.1) is 17.1 Å². The highest BCUT2D eigenvalue weighted by atomic mass is 16.5. The minimum Gasteiger partial charge on any atom is -0.507 e. The van der Waals surface area contributed by atoms with E-state index in [1.807, 2.05) is 43.5 Å². The van der Waals surface area contributed by atoms with Crippen LogP contribution in [0.4, 0.5) is 0 Å². The molecule has 0 spiro atoms. The van der Waals surface area contributed by atoms with Crippen molar-refractivity contribution in [2.75, 3.05) is 6.54 Å². The van der Waals surface area contributed by atoms with Gasteiger partial charge in [-0.15, -0.1) is 10.2 Å². The van der Waals surface area contributed by atoms with Gasteiger partial charge in [-0.3, -0.25) is 0 Å². The van der Waals surface area contributed by atoms with Crippen LogP contribution in [0.5, 0.6) is 11.6 Å². The Balaban J connectivity index is 1.31. The van der Waals surface area contributed by atoms with Crippen LogP contribution in [-0.4, -0.2) is 43.8 Å². The minimum absolute atomic E-state index is 0.139. The standard InChI is InChI=1S/C23H27N5O2/c1-14-8-9-28(27-14)16-4-5-18(21(29)10-16)19-6-7-22(26-25-19)30-17-11-20-15(2)23(3,12-17)13-24-20/h4-10,15,17,20,24,29H,11-13H2,1-3H3. The molecule has 156 valence electrons. The summed E-state index contributed by atoms with van der Waals surface area (Å²) in [5.41, 5.74) is 3.23. The molecule has 30 heavy (non-hydrogen) atoms. The number of aromatic nitrogens is 4. The van der Waals surface area contributed by atoms with Crippen molar-refractivity contribution in [3.8, 4) is 28.6 Å². The van der Waals surface area contributed by atoms with Crippen LogP contribution in [0, 0.1) is 18.3 Å². The van der Waals surface area contributed by atoms with Crippen molar-refractivity contribution in [2.45, 2.75) is 45.8 Å². The molecule has 5 rings (SSSR count). The molecule has 4 atom stereocenters. The number of nitrogens with one attached hydrogen (secondary N) is 1.